The lowest BCUT2D eigenvalue weighted by Crippen LogP contribution is -2.54. The quantitative estimate of drug-likeness (QED) is 0.266. The molecule has 0 aliphatic rings. The summed E-state index contributed by atoms with van der Waals surface area (Å²) >= 11 is 4.19. The number of hydrogen-bond acceptors (Lipinski definition) is 6. The first kappa shape index (κ1) is 27.3. The lowest BCUT2D eigenvalue weighted by atomic mass is 10.0. The number of nitrogens with one attached hydrogen (secondary N) is 2. The van der Waals surface area contributed by atoms with Gasteiger partial charge in [-0.05, 0) is 32.8 Å². The monoisotopic (exact) mass is 462 g/mol. The summed E-state index contributed by atoms with van der Waals surface area (Å²) in [7, 11) is 0. The van der Waals surface area contributed by atoms with Gasteiger partial charge in [0.15, 0.2) is 0 Å². The van der Waals surface area contributed by atoms with Crippen LogP contribution in [0.15, 0.2) is 30.3 Å². The Kier molecular flexibility index (Phi) is 11.6. The molecule has 0 spiro atoms. The van der Waals surface area contributed by atoms with Crippen molar-refractivity contribution in [2.75, 3.05) is 18.8 Å². The molecule has 0 fully saturated rings. The molecule has 2 atom stereocenters. The molecule has 0 heterocycles. The molecule has 0 bridgehead atoms. The van der Waals surface area contributed by atoms with E-state index in [0.717, 1.165) is 19.3 Å². The molecule has 0 aliphatic carbocycles. The molecule has 1 rings (SSSR count). The lowest BCUT2D eigenvalue weighted by Gasteiger charge is -2.32. The molecule has 0 aliphatic heterocycles. The zero-order valence-corrected chi connectivity index (χ0v) is 20.2. The molecule has 0 saturated carbocycles. The van der Waals surface area contributed by atoms with Crippen molar-refractivity contribution < 1.29 is 19.1 Å². The molecule has 2 unspecified atom stereocenters. The van der Waals surface area contributed by atoms with Crippen LogP contribution in [0.5, 0.6) is 0 Å². The maximum atomic E-state index is 13.3. The Morgan fingerprint density at radius 1 is 1.19 bits per heavy atom. The van der Waals surface area contributed by atoms with Crippen LogP contribution >= 0.6 is 12.6 Å². The van der Waals surface area contributed by atoms with Gasteiger partial charge in [0.25, 0.3) is 0 Å². The van der Waals surface area contributed by atoms with Gasteiger partial charge in [0.1, 0.15) is 24.2 Å². The maximum absolute atomic E-state index is 13.3. The molecule has 8 nitrogen and oxygen atoms in total. The van der Waals surface area contributed by atoms with Crippen LogP contribution in [0.4, 0.5) is 4.79 Å². The summed E-state index contributed by atoms with van der Waals surface area (Å²) in [6.07, 6.45) is 2.02. The minimum Gasteiger partial charge on any atom is -0.444 e. The highest BCUT2D eigenvalue weighted by molar-refractivity contribution is 7.80. The zero-order valence-electron chi connectivity index (χ0n) is 19.3. The van der Waals surface area contributed by atoms with Crippen molar-refractivity contribution in [2.45, 2.75) is 64.6 Å². The van der Waals surface area contributed by atoms with Crippen molar-refractivity contribution in [1.82, 2.24) is 15.5 Å². The summed E-state index contributed by atoms with van der Waals surface area (Å²) in [6.45, 7) is 7.33. The van der Waals surface area contributed by atoms with Crippen molar-refractivity contribution in [1.29, 1.82) is 5.26 Å². The number of ether oxygens (including phenoxy) is 1. The van der Waals surface area contributed by atoms with Gasteiger partial charge in [-0.3, -0.25) is 9.59 Å². The second-order valence-electron chi connectivity index (χ2n) is 8.32. The van der Waals surface area contributed by atoms with Crippen molar-refractivity contribution >= 4 is 30.5 Å². The average molecular weight is 463 g/mol. The molecule has 32 heavy (non-hydrogen) atoms. The Morgan fingerprint density at radius 3 is 2.38 bits per heavy atom. The number of amides is 3. The minimum atomic E-state index is -1.07. The highest BCUT2D eigenvalue weighted by atomic mass is 32.1. The highest BCUT2D eigenvalue weighted by Gasteiger charge is 2.35. The van der Waals surface area contributed by atoms with Crippen LogP contribution in [-0.4, -0.2) is 53.3 Å². The Bertz CT molecular complexity index is 789. The van der Waals surface area contributed by atoms with E-state index in [9.17, 15) is 19.6 Å². The van der Waals surface area contributed by atoms with Gasteiger partial charge in [0.05, 0.1) is 6.07 Å². The van der Waals surface area contributed by atoms with Crippen LogP contribution in [0.3, 0.4) is 0 Å². The van der Waals surface area contributed by atoms with Crippen LogP contribution in [0.2, 0.25) is 0 Å². The normalized spacial score (nSPS) is 12.8. The lowest BCUT2D eigenvalue weighted by molar-refractivity contribution is -0.141. The summed E-state index contributed by atoms with van der Waals surface area (Å²) in [6, 6.07) is 8.65. The Labute approximate surface area is 196 Å². The van der Waals surface area contributed by atoms with Crippen molar-refractivity contribution in [2.24, 2.45) is 0 Å². The second-order valence-corrected chi connectivity index (χ2v) is 8.68. The smallest absolute Gasteiger partial charge is 0.408 e. The SMILES string of the molecule is CCCCCNC(=O)C(c1ccccc1)N(CC#N)C(=O)C(CS)NC(=O)OC(C)(C)C. The van der Waals surface area contributed by atoms with E-state index in [1.807, 2.05) is 6.07 Å². The summed E-state index contributed by atoms with van der Waals surface area (Å²) in [5.41, 5.74) is -0.176. The predicted octanol–water partition coefficient (Wildman–Crippen LogP) is 3.21. The van der Waals surface area contributed by atoms with E-state index in [1.54, 1.807) is 51.1 Å². The third-order valence-electron chi connectivity index (χ3n) is 4.45. The van der Waals surface area contributed by atoms with Gasteiger partial charge in [-0.2, -0.15) is 17.9 Å². The van der Waals surface area contributed by atoms with Crippen LogP contribution in [0.25, 0.3) is 0 Å². The highest BCUT2D eigenvalue weighted by Crippen LogP contribution is 2.22. The molecule has 1 aromatic carbocycles. The van der Waals surface area contributed by atoms with Gasteiger partial charge in [-0.1, -0.05) is 50.1 Å². The van der Waals surface area contributed by atoms with Crippen molar-refractivity contribution in [3.63, 3.8) is 0 Å². The Morgan fingerprint density at radius 2 is 1.84 bits per heavy atom. The molecule has 0 aromatic heterocycles. The first-order valence-electron chi connectivity index (χ1n) is 10.7. The van der Waals surface area contributed by atoms with Crippen LogP contribution < -0.4 is 10.6 Å². The van der Waals surface area contributed by atoms with Gasteiger partial charge in [-0.25, -0.2) is 4.79 Å². The van der Waals surface area contributed by atoms with E-state index in [1.165, 1.54) is 4.90 Å². The molecule has 2 N–H and O–H groups in total. The van der Waals surface area contributed by atoms with E-state index >= 15 is 0 Å². The third-order valence-corrected chi connectivity index (χ3v) is 4.82. The van der Waals surface area contributed by atoms with E-state index in [0.29, 0.717) is 12.1 Å². The number of unbranched alkanes of at least 4 members (excludes halogenated alkanes) is 2. The topological polar surface area (TPSA) is 112 Å². The largest absolute Gasteiger partial charge is 0.444 e. The maximum Gasteiger partial charge on any atom is 0.408 e. The Hall–Kier alpha value is -2.73. The summed E-state index contributed by atoms with van der Waals surface area (Å²) in [5, 5.41) is 14.8. The fourth-order valence-corrected chi connectivity index (χ4v) is 3.25. The van der Waals surface area contributed by atoms with Gasteiger partial charge in [-0.15, -0.1) is 0 Å². The van der Waals surface area contributed by atoms with Gasteiger partial charge in [0, 0.05) is 12.3 Å². The van der Waals surface area contributed by atoms with Gasteiger partial charge < -0.3 is 20.3 Å². The van der Waals surface area contributed by atoms with Crippen molar-refractivity contribution in [3.05, 3.63) is 35.9 Å². The molecular weight excluding hydrogens is 428 g/mol. The number of alkyl carbamates (subject to hydrolysis) is 1. The Balaban J connectivity index is 3.17. The summed E-state index contributed by atoms with van der Waals surface area (Å²) < 4.78 is 5.23. The molecule has 0 radical (unpaired) electrons. The van der Waals surface area contributed by atoms with E-state index in [2.05, 4.69) is 30.2 Å². The van der Waals surface area contributed by atoms with Crippen molar-refractivity contribution in [3.8, 4) is 6.07 Å². The van der Waals surface area contributed by atoms with Gasteiger partial charge >= 0.3 is 6.09 Å². The van der Waals surface area contributed by atoms with E-state index < -0.39 is 29.7 Å². The molecule has 0 saturated heterocycles. The fraction of sp³-hybridized carbons (Fsp3) is 0.565. The van der Waals surface area contributed by atoms with E-state index in [-0.39, 0.29) is 18.2 Å². The fourth-order valence-electron chi connectivity index (χ4n) is 3.00. The first-order chi connectivity index (χ1) is 15.1. The number of hydrogen-bond donors (Lipinski definition) is 3. The molecular formula is C23H34N4O4S. The van der Waals surface area contributed by atoms with Gasteiger partial charge in [0.2, 0.25) is 11.8 Å². The summed E-state index contributed by atoms with van der Waals surface area (Å²) in [4.78, 5) is 39.8. The number of rotatable bonds is 11. The average Bonchev–Trinajstić information content (AvgIpc) is 2.73. The standard InChI is InChI=1S/C23H34N4O4S/c1-5-6-10-14-25-20(28)19(17-11-8-7-9-12-17)27(15-13-24)21(29)18(16-32)26-22(30)31-23(2,3)4/h7-9,11-12,18-19,32H,5-6,10,14-16H2,1-4H3,(H,25,28)(H,26,30). The van der Waals surface area contributed by atoms with Crippen LogP contribution in [-0.2, 0) is 14.3 Å². The van der Waals surface area contributed by atoms with E-state index in [4.69, 9.17) is 4.74 Å². The first-order valence-corrected chi connectivity index (χ1v) is 11.4. The molecule has 9 heteroatoms. The zero-order chi connectivity index (χ0) is 24.1. The number of carbonyl (C=O) groups is 3. The predicted molar refractivity (Wildman–Crippen MR) is 126 cm³/mol. The molecule has 176 valence electrons. The second kappa shape index (κ2) is 13.6. The molecule has 3 amide bonds. The number of benzene rings is 1. The van der Waals surface area contributed by atoms with Crippen LogP contribution in [0, 0.1) is 11.3 Å². The number of thiol groups is 1. The summed E-state index contributed by atoms with van der Waals surface area (Å²) in [5.74, 6) is -1.00. The third kappa shape index (κ3) is 9.18. The number of nitriles is 1. The number of carbonyl (C=O) groups excluding carboxylic acids is 3. The van der Waals surface area contributed by atoms with Crippen LogP contribution in [0.1, 0.15) is 58.6 Å². The number of nitrogens with zero attached hydrogens (tertiary/aromatic N) is 2. The molecule has 1 aromatic rings. The minimum absolute atomic E-state index is 0.0281.